The standard InChI is InChI=1S/C17H19FN6O2S/c1-12-9-13(2)24(23-12)17-10-16(20-11-21-17)19-7-8-22-27(25,26)15-5-3-14(18)4-6-15/h3-6,9-11,22H,7-8H2,1-2H3,(H,19,20,21). The Bertz CT molecular complexity index is 1030. The molecule has 0 aliphatic rings. The van der Waals surface area contributed by atoms with Gasteiger partial charge in [0.1, 0.15) is 18.0 Å². The van der Waals surface area contributed by atoms with Gasteiger partial charge in [0.2, 0.25) is 10.0 Å². The van der Waals surface area contributed by atoms with Gasteiger partial charge < -0.3 is 5.32 Å². The molecule has 1 aromatic carbocycles. The highest BCUT2D eigenvalue weighted by molar-refractivity contribution is 7.89. The second-order valence-electron chi connectivity index (χ2n) is 5.88. The van der Waals surface area contributed by atoms with Gasteiger partial charge in [-0.25, -0.2) is 32.2 Å². The maximum Gasteiger partial charge on any atom is 0.240 e. The van der Waals surface area contributed by atoms with Crippen molar-refractivity contribution in [2.24, 2.45) is 0 Å². The zero-order valence-electron chi connectivity index (χ0n) is 14.8. The number of aromatic nitrogens is 4. The molecule has 10 heteroatoms. The summed E-state index contributed by atoms with van der Waals surface area (Å²) in [7, 11) is -3.69. The average molecular weight is 390 g/mol. The van der Waals surface area contributed by atoms with Crippen LogP contribution in [0.15, 0.2) is 47.6 Å². The minimum atomic E-state index is -3.69. The lowest BCUT2D eigenvalue weighted by molar-refractivity contribution is 0.582. The van der Waals surface area contributed by atoms with Crippen molar-refractivity contribution in [3.63, 3.8) is 0 Å². The summed E-state index contributed by atoms with van der Waals surface area (Å²) < 4.78 is 41.3. The highest BCUT2D eigenvalue weighted by Crippen LogP contribution is 2.12. The van der Waals surface area contributed by atoms with E-state index >= 15 is 0 Å². The quantitative estimate of drug-likeness (QED) is 0.597. The van der Waals surface area contributed by atoms with Crippen LogP contribution in [0.5, 0.6) is 0 Å². The average Bonchev–Trinajstić information content (AvgIpc) is 2.98. The summed E-state index contributed by atoms with van der Waals surface area (Å²) in [6, 6.07) is 8.32. The Morgan fingerprint density at radius 3 is 2.48 bits per heavy atom. The molecule has 0 atom stereocenters. The van der Waals surface area contributed by atoms with Crippen LogP contribution < -0.4 is 10.0 Å². The molecule has 8 nitrogen and oxygen atoms in total. The van der Waals surface area contributed by atoms with Gasteiger partial charge in [-0.3, -0.25) is 0 Å². The van der Waals surface area contributed by atoms with Gasteiger partial charge in [0, 0.05) is 24.8 Å². The molecule has 2 heterocycles. The maximum absolute atomic E-state index is 12.9. The molecule has 0 saturated carbocycles. The van der Waals surface area contributed by atoms with E-state index in [9.17, 15) is 12.8 Å². The second kappa shape index (κ2) is 7.80. The maximum atomic E-state index is 12.9. The zero-order valence-corrected chi connectivity index (χ0v) is 15.7. The van der Waals surface area contributed by atoms with E-state index in [0.29, 0.717) is 18.2 Å². The van der Waals surface area contributed by atoms with Crippen molar-refractivity contribution in [1.29, 1.82) is 0 Å². The topological polar surface area (TPSA) is 102 Å². The first-order valence-corrected chi connectivity index (χ1v) is 9.68. The molecule has 27 heavy (non-hydrogen) atoms. The van der Waals surface area contributed by atoms with Crippen molar-refractivity contribution in [3.05, 3.63) is 59.9 Å². The van der Waals surface area contributed by atoms with Crippen molar-refractivity contribution in [2.75, 3.05) is 18.4 Å². The normalized spacial score (nSPS) is 11.5. The first-order valence-electron chi connectivity index (χ1n) is 8.20. The first kappa shape index (κ1) is 18.9. The fourth-order valence-corrected chi connectivity index (χ4v) is 3.53. The molecular weight excluding hydrogens is 371 g/mol. The smallest absolute Gasteiger partial charge is 0.240 e. The Balaban J connectivity index is 1.59. The fourth-order valence-electron chi connectivity index (χ4n) is 2.49. The summed E-state index contributed by atoms with van der Waals surface area (Å²) in [6.07, 6.45) is 1.41. The molecule has 0 unspecified atom stereocenters. The van der Waals surface area contributed by atoms with Gasteiger partial charge in [-0.1, -0.05) is 0 Å². The lowest BCUT2D eigenvalue weighted by Gasteiger charge is -2.09. The Morgan fingerprint density at radius 2 is 1.81 bits per heavy atom. The van der Waals surface area contributed by atoms with Crippen LogP contribution in [0.3, 0.4) is 0 Å². The van der Waals surface area contributed by atoms with Crippen molar-refractivity contribution >= 4 is 15.8 Å². The fraction of sp³-hybridized carbons (Fsp3) is 0.235. The van der Waals surface area contributed by atoms with Crippen LogP contribution in [0.4, 0.5) is 10.2 Å². The lowest BCUT2D eigenvalue weighted by Crippen LogP contribution is -2.29. The molecule has 3 rings (SSSR count). The molecule has 0 aliphatic heterocycles. The van der Waals surface area contributed by atoms with Gasteiger partial charge in [0.05, 0.1) is 10.6 Å². The van der Waals surface area contributed by atoms with Crippen LogP contribution in [-0.2, 0) is 10.0 Å². The number of hydrogen-bond acceptors (Lipinski definition) is 6. The molecule has 0 radical (unpaired) electrons. The van der Waals surface area contributed by atoms with Gasteiger partial charge in [-0.05, 0) is 44.2 Å². The summed E-state index contributed by atoms with van der Waals surface area (Å²) in [5, 5.41) is 7.41. The molecular formula is C17H19FN6O2S. The third kappa shape index (κ3) is 4.66. The summed E-state index contributed by atoms with van der Waals surface area (Å²) in [6.45, 7) is 4.28. The van der Waals surface area contributed by atoms with Crippen LogP contribution in [0.25, 0.3) is 5.82 Å². The van der Waals surface area contributed by atoms with Gasteiger partial charge in [-0.2, -0.15) is 5.10 Å². The highest BCUT2D eigenvalue weighted by Gasteiger charge is 2.13. The van der Waals surface area contributed by atoms with Crippen molar-refractivity contribution < 1.29 is 12.8 Å². The van der Waals surface area contributed by atoms with Gasteiger partial charge in [0.15, 0.2) is 5.82 Å². The number of hydrogen-bond donors (Lipinski definition) is 2. The van der Waals surface area contributed by atoms with E-state index in [2.05, 4.69) is 25.1 Å². The van der Waals surface area contributed by atoms with Crippen LogP contribution in [0.2, 0.25) is 0 Å². The van der Waals surface area contributed by atoms with Crippen molar-refractivity contribution in [2.45, 2.75) is 18.7 Å². The minimum Gasteiger partial charge on any atom is -0.369 e. The number of nitrogens with zero attached hydrogens (tertiary/aromatic N) is 4. The van der Waals surface area contributed by atoms with E-state index in [1.165, 1.54) is 18.5 Å². The van der Waals surface area contributed by atoms with Gasteiger partial charge in [-0.15, -0.1) is 0 Å². The SMILES string of the molecule is Cc1cc(C)n(-c2cc(NCCNS(=O)(=O)c3ccc(F)cc3)ncn2)n1. The minimum absolute atomic E-state index is 0.0118. The molecule has 3 aromatic rings. The second-order valence-corrected chi connectivity index (χ2v) is 7.65. The molecule has 142 valence electrons. The summed E-state index contributed by atoms with van der Waals surface area (Å²) in [5.41, 5.74) is 1.83. The molecule has 0 aliphatic carbocycles. The number of benzene rings is 1. The van der Waals surface area contributed by atoms with E-state index in [4.69, 9.17) is 0 Å². The molecule has 2 N–H and O–H groups in total. The van der Waals surface area contributed by atoms with Crippen LogP contribution >= 0.6 is 0 Å². The Labute approximate surface area is 156 Å². The molecule has 0 bridgehead atoms. The monoisotopic (exact) mass is 390 g/mol. The van der Waals surface area contributed by atoms with E-state index in [-0.39, 0.29) is 11.4 Å². The largest absolute Gasteiger partial charge is 0.369 e. The number of anilines is 1. The zero-order chi connectivity index (χ0) is 19.4. The summed E-state index contributed by atoms with van der Waals surface area (Å²) >= 11 is 0. The molecule has 0 saturated heterocycles. The molecule has 0 spiro atoms. The Morgan fingerprint density at radius 1 is 1.07 bits per heavy atom. The highest BCUT2D eigenvalue weighted by atomic mass is 32.2. The predicted octanol–water partition coefficient (Wildman–Crippen LogP) is 1.81. The van der Waals surface area contributed by atoms with Crippen LogP contribution in [0, 0.1) is 19.7 Å². The van der Waals surface area contributed by atoms with Gasteiger partial charge in [0.25, 0.3) is 0 Å². The van der Waals surface area contributed by atoms with Crippen molar-refractivity contribution in [1.82, 2.24) is 24.5 Å². The molecule has 0 amide bonds. The number of nitrogens with one attached hydrogen (secondary N) is 2. The first-order chi connectivity index (χ1) is 12.8. The van der Waals surface area contributed by atoms with Crippen LogP contribution in [-0.4, -0.2) is 41.3 Å². The Hall–Kier alpha value is -2.85. The number of rotatable bonds is 7. The third-order valence-corrected chi connectivity index (χ3v) is 5.20. The molecule has 0 fully saturated rings. The predicted molar refractivity (Wildman–Crippen MR) is 98.7 cm³/mol. The Kier molecular flexibility index (Phi) is 5.47. The number of sulfonamides is 1. The number of aryl methyl sites for hydroxylation is 2. The van der Waals surface area contributed by atoms with Crippen molar-refractivity contribution in [3.8, 4) is 5.82 Å². The van der Waals surface area contributed by atoms with E-state index in [1.807, 2.05) is 19.9 Å². The lowest BCUT2D eigenvalue weighted by atomic mass is 10.4. The molecule has 2 aromatic heterocycles. The van der Waals surface area contributed by atoms with Crippen LogP contribution in [0.1, 0.15) is 11.4 Å². The number of halogens is 1. The van der Waals surface area contributed by atoms with E-state index in [1.54, 1.807) is 10.7 Å². The third-order valence-electron chi connectivity index (χ3n) is 3.73. The summed E-state index contributed by atoms with van der Waals surface area (Å²) in [4.78, 5) is 8.34. The van der Waals surface area contributed by atoms with E-state index < -0.39 is 15.8 Å². The summed E-state index contributed by atoms with van der Waals surface area (Å²) in [5.74, 6) is 0.677. The van der Waals surface area contributed by atoms with Gasteiger partial charge >= 0.3 is 0 Å². The van der Waals surface area contributed by atoms with E-state index in [0.717, 1.165) is 23.5 Å².